The number of benzene rings is 1. The number of rotatable bonds is 6. The van der Waals surface area contributed by atoms with E-state index in [4.69, 9.17) is 5.73 Å². The molecule has 0 aromatic heterocycles. The first-order valence-corrected chi connectivity index (χ1v) is 7.51. The Morgan fingerprint density at radius 2 is 1.90 bits per heavy atom. The molecule has 0 saturated carbocycles. The lowest BCUT2D eigenvalue weighted by atomic mass is 10.0. The first-order valence-electron chi connectivity index (χ1n) is 7.51. The number of aliphatic imine (C=N–C) groups is 1. The molecule has 1 aromatic carbocycles. The van der Waals surface area contributed by atoms with Gasteiger partial charge in [-0.25, -0.2) is 0 Å². The number of hydrogen-bond acceptors (Lipinski definition) is 4. The Morgan fingerprint density at radius 3 is 2.50 bits per heavy atom. The van der Waals surface area contributed by atoms with Crippen LogP contribution in [0.15, 0.2) is 29.3 Å². The molecule has 2 N–H and O–H groups in total. The molecule has 0 amide bonds. The molecular formula is C16H26N4. The lowest BCUT2D eigenvalue weighted by molar-refractivity contribution is 0.248. The van der Waals surface area contributed by atoms with Crippen LogP contribution in [-0.2, 0) is 0 Å². The molecule has 0 aliphatic carbocycles. The molecule has 1 aliphatic rings. The molecule has 1 unspecified atom stereocenters. The third-order valence-electron chi connectivity index (χ3n) is 4.11. The highest BCUT2D eigenvalue weighted by Crippen LogP contribution is 2.25. The second-order valence-corrected chi connectivity index (χ2v) is 5.35. The number of nitrogens with two attached hydrogens (primary N) is 1. The van der Waals surface area contributed by atoms with Crippen molar-refractivity contribution in [2.45, 2.75) is 26.8 Å². The Kier molecular flexibility index (Phi) is 5.01. The molecule has 1 aliphatic heterocycles. The predicted octanol–water partition coefficient (Wildman–Crippen LogP) is 2.01. The van der Waals surface area contributed by atoms with Gasteiger partial charge in [0, 0.05) is 13.1 Å². The van der Waals surface area contributed by atoms with Crippen molar-refractivity contribution in [3.05, 3.63) is 35.4 Å². The molecule has 0 saturated heterocycles. The van der Waals surface area contributed by atoms with E-state index in [0.717, 1.165) is 32.7 Å². The summed E-state index contributed by atoms with van der Waals surface area (Å²) in [5.41, 5.74) is 8.66. The molecule has 1 heterocycles. The summed E-state index contributed by atoms with van der Waals surface area (Å²) in [6.07, 6.45) is 0. The van der Waals surface area contributed by atoms with Gasteiger partial charge in [-0.15, -0.1) is 0 Å². The van der Waals surface area contributed by atoms with Crippen LogP contribution in [0.25, 0.3) is 0 Å². The summed E-state index contributed by atoms with van der Waals surface area (Å²) < 4.78 is 0. The second-order valence-electron chi connectivity index (χ2n) is 5.35. The molecule has 0 fully saturated rings. The molecule has 2 rings (SSSR count). The van der Waals surface area contributed by atoms with Gasteiger partial charge in [0.2, 0.25) is 0 Å². The fourth-order valence-corrected chi connectivity index (χ4v) is 2.66. The normalized spacial score (nSPS) is 18.7. The van der Waals surface area contributed by atoms with Crippen molar-refractivity contribution in [1.82, 2.24) is 9.80 Å². The van der Waals surface area contributed by atoms with Gasteiger partial charge in [-0.05, 0) is 25.6 Å². The maximum atomic E-state index is 6.06. The van der Waals surface area contributed by atoms with Gasteiger partial charge in [-0.1, -0.05) is 43.7 Å². The summed E-state index contributed by atoms with van der Waals surface area (Å²) in [4.78, 5) is 9.08. The van der Waals surface area contributed by atoms with E-state index in [-0.39, 0.29) is 0 Å². The van der Waals surface area contributed by atoms with E-state index in [0.29, 0.717) is 12.0 Å². The van der Waals surface area contributed by atoms with Gasteiger partial charge < -0.3 is 15.5 Å². The average Bonchev–Trinajstić information content (AvgIpc) is 2.82. The summed E-state index contributed by atoms with van der Waals surface area (Å²) in [6.45, 7) is 11.4. The van der Waals surface area contributed by atoms with Gasteiger partial charge >= 0.3 is 0 Å². The maximum Gasteiger partial charge on any atom is 0.191 e. The lowest BCUT2D eigenvalue weighted by Gasteiger charge is -2.29. The minimum Gasteiger partial charge on any atom is -0.370 e. The van der Waals surface area contributed by atoms with Gasteiger partial charge in [0.05, 0.1) is 12.6 Å². The molecule has 20 heavy (non-hydrogen) atoms. The molecule has 110 valence electrons. The van der Waals surface area contributed by atoms with Crippen LogP contribution >= 0.6 is 0 Å². The summed E-state index contributed by atoms with van der Waals surface area (Å²) in [5, 5.41) is 0. The summed E-state index contributed by atoms with van der Waals surface area (Å²) in [6, 6.07) is 9.00. The van der Waals surface area contributed by atoms with E-state index in [1.165, 1.54) is 11.1 Å². The third-order valence-corrected chi connectivity index (χ3v) is 4.11. The van der Waals surface area contributed by atoms with Crippen LogP contribution in [0.3, 0.4) is 0 Å². The van der Waals surface area contributed by atoms with Crippen molar-refractivity contribution in [2.75, 3.05) is 32.7 Å². The lowest BCUT2D eigenvalue weighted by Crippen LogP contribution is -2.41. The minimum absolute atomic E-state index is 0.297. The zero-order valence-corrected chi connectivity index (χ0v) is 12.8. The first kappa shape index (κ1) is 14.9. The van der Waals surface area contributed by atoms with Gasteiger partial charge in [0.1, 0.15) is 0 Å². The Hall–Kier alpha value is -1.55. The van der Waals surface area contributed by atoms with Crippen molar-refractivity contribution in [3.8, 4) is 0 Å². The molecule has 0 bridgehead atoms. The molecule has 4 heteroatoms. The Labute approximate surface area is 122 Å². The largest absolute Gasteiger partial charge is 0.370 e. The first-order chi connectivity index (χ1) is 9.65. The van der Waals surface area contributed by atoms with E-state index >= 15 is 0 Å². The Balaban J connectivity index is 2.04. The van der Waals surface area contributed by atoms with Crippen molar-refractivity contribution >= 4 is 5.96 Å². The third kappa shape index (κ3) is 3.31. The Bertz CT molecular complexity index is 448. The fraction of sp³-hybridized carbons (Fsp3) is 0.562. The number of guanidine groups is 1. The monoisotopic (exact) mass is 274 g/mol. The molecular weight excluding hydrogens is 248 g/mol. The molecule has 0 spiro atoms. The van der Waals surface area contributed by atoms with Crippen LogP contribution < -0.4 is 5.73 Å². The highest BCUT2D eigenvalue weighted by molar-refractivity contribution is 5.80. The van der Waals surface area contributed by atoms with Gasteiger partial charge in [-0.3, -0.25) is 4.99 Å². The standard InChI is InChI=1S/C16H26N4/c1-4-19(5-2)10-11-20-15(12-18-16(20)17)14-8-6-13(3)7-9-14/h6-9,15H,4-5,10-12H2,1-3H3,(H2,17,18). The van der Waals surface area contributed by atoms with Crippen LogP contribution in [0.5, 0.6) is 0 Å². The van der Waals surface area contributed by atoms with Crippen LogP contribution in [0.1, 0.15) is 31.0 Å². The number of aryl methyl sites for hydroxylation is 1. The van der Waals surface area contributed by atoms with Gasteiger partial charge in [0.25, 0.3) is 0 Å². The maximum absolute atomic E-state index is 6.06. The molecule has 0 radical (unpaired) electrons. The van der Waals surface area contributed by atoms with Crippen LogP contribution in [0.2, 0.25) is 0 Å². The van der Waals surface area contributed by atoms with E-state index in [1.807, 2.05) is 0 Å². The van der Waals surface area contributed by atoms with E-state index < -0.39 is 0 Å². The van der Waals surface area contributed by atoms with E-state index in [2.05, 4.69) is 59.8 Å². The molecule has 1 atom stereocenters. The Morgan fingerprint density at radius 1 is 1.25 bits per heavy atom. The smallest absolute Gasteiger partial charge is 0.191 e. The molecule has 1 aromatic rings. The van der Waals surface area contributed by atoms with Gasteiger partial charge in [0.15, 0.2) is 5.96 Å². The van der Waals surface area contributed by atoms with Crippen LogP contribution in [0, 0.1) is 6.92 Å². The molecule has 4 nitrogen and oxygen atoms in total. The van der Waals surface area contributed by atoms with Crippen molar-refractivity contribution < 1.29 is 0 Å². The van der Waals surface area contributed by atoms with E-state index in [1.54, 1.807) is 0 Å². The minimum atomic E-state index is 0.297. The van der Waals surface area contributed by atoms with Crippen molar-refractivity contribution in [1.29, 1.82) is 0 Å². The topological polar surface area (TPSA) is 44.9 Å². The van der Waals surface area contributed by atoms with Crippen molar-refractivity contribution in [3.63, 3.8) is 0 Å². The summed E-state index contributed by atoms with van der Waals surface area (Å²) in [5.74, 6) is 0.683. The highest BCUT2D eigenvalue weighted by Gasteiger charge is 2.27. The van der Waals surface area contributed by atoms with Crippen LogP contribution in [-0.4, -0.2) is 48.5 Å². The van der Waals surface area contributed by atoms with Crippen molar-refractivity contribution in [2.24, 2.45) is 10.7 Å². The van der Waals surface area contributed by atoms with Crippen LogP contribution in [0.4, 0.5) is 0 Å². The van der Waals surface area contributed by atoms with E-state index in [9.17, 15) is 0 Å². The summed E-state index contributed by atoms with van der Waals surface area (Å²) in [7, 11) is 0. The number of likely N-dealkylation sites (N-methyl/N-ethyl adjacent to an activating group) is 1. The van der Waals surface area contributed by atoms with Gasteiger partial charge in [-0.2, -0.15) is 0 Å². The quantitative estimate of drug-likeness (QED) is 0.863. The zero-order valence-electron chi connectivity index (χ0n) is 12.8. The second kappa shape index (κ2) is 6.75. The predicted molar refractivity (Wildman–Crippen MR) is 84.9 cm³/mol. The number of nitrogens with zero attached hydrogens (tertiary/aromatic N) is 3. The summed E-state index contributed by atoms with van der Waals surface area (Å²) >= 11 is 0. The number of hydrogen-bond donors (Lipinski definition) is 1. The SMILES string of the molecule is CCN(CC)CCN1C(N)=NCC1c1ccc(C)cc1. The zero-order chi connectivity index (χ0) is 14.5. The highest BCUT2D eigenvalue weighted by atomic mass is 15.3. The fourth-order valence-electron chi connectivity index (χ4n) is 2.66. The average molecular weight is 274 g/mol.